The predicted molar refractivity (Wildman–Crippen MR) is 96.9 cm³/mol. The molecular weight excluding hydrogens is 390 g/mol. The van der Waals surface area contributed by atoms with Crippen molar-refractivity contribution in [2.75, 3.05) is 7.05 Å². The van der Waals surface area contributed by atoms with Crippen LogP contribution in [0.2, 0.25) is 0 Å². The minimum absolute atomic E-state index is 0.605. The number of pyridine rings is 1. The van der Waals surface area contributed by atoms with Gasteiger partial charge in [-0.1, -0.05) is 6.07 Å². The van der Waals surface area contributed by atoms with Gasteiger partial charge in [0.1, 0.15) is 12.1 Å². The van der Waals surface area contributed by atoms with Crippen LogP contribution in [0.3, 0.4) is 0 Å². The molecule has 0 bridgehead atoms. The molecule has 0 radical (unpaired) electrons. The van der Waals surface area contributed by atoms with Gasteiger partial charge in [0.15, 0.2) is 9.44 Å². The largest absolute Gasteiger partial charge is 0.453 e. The van der Waals surface area contributed by atoms with E-state index < -0.39 is 0 Å². The van der Waals surface area contributed by atoms with Crippen LogP contribution in [0.15, 0.2) is 51.9 Å². The van der Waals surface area contributed by atoms with Crippen molar-refractivity contribution in [1.82, 2.24) is 24.2 Å². The zero-order valence-electron chi connectivity index (χ0n) is 13.3. The molecule has 0 saturated carbocycles. The van der Waals surface area contributed by atoms with Gasteiger partial charge in [-0.3, -0.25) is 9.88 Å². The van der Waals surface area contributed by atoms with Crippen molar-refractivity contribution < 1.29 is 4.42 Å². The smallest absolute Gasteiger partial charge is 0.198 e. The fourth-order valence-electron chi connectivity index (χ4n) is 2.38. The summed E-state index contributed by atoms with van der Waals surface area (Å²) in [5.41, 5.74) is 1.05. The fourth-order valence-corrected chi connectivity index (χ4v) is 2.97. The Morgan fingerprint density at radius 2 is 2.17 bits per heavy atom. The van der Waals surface area contributed by atoms with Gasteiger partial charge in [-0.15, -0.1) is 0 Å². The van der Waals surface area contributed by atoms with E-state index in [9.17, 15) is 0 Å². The van der Waals surface area contributed by atoms with Crippen molar-refractivity contribution in [3.05, 3.63) is 63.8 Å². The highest BCUT2D eigenvalue weighted by Gasteiger charge is 2.08. The van der Waals surface area contributed by atoms with Crippen LogP contribution in [0.5, 0.6) is 0 Å². The number of rotatable bonds is 7. The van der Waals surface area contributed by atoms with Gasteiger partial charge in [0.2, 0.25) is 0 Å². The summed E-state index contributed by atoms with van der Waals surface area (Å²) in [5, 5.41) is 4.39. The Bertz CT molecular complexity index is 842. The monoisotopic (exact) mass is 407 g/mol. The molecule has 0 N–H and O–H groups in total. The maximum Gasteiger partial charge on any atom is 0.198 e. The lowest BCUT2D eigenvalue weighted by Gasteiger charge is -2.14. The Morgan fingerprint density at radius 1 is 1.29 bits per heavy atom. The third kappa shape index (κ3) is 4.40. The molecule has 126 valence electrons. The average Bonchev–Trinajstić information content (AvgIpc) is 3.13. The molecule has 0 atom stereocenters. The molecule has 6 nitrogen and oxygen atoms in total. The summed E-state index contributed by atoms with van der Waals surface area (Å²) in [5.74, 6) is 0.894. The molecule has 8 heteroatoms. The topological polar surface area (TPSA) is 52.0 Å². The highest BCUT2D eigenvalue weighted by molar-refractivity contribution is 9.10. The Hall–Kier alpha value is -1.77. The molecule has 3 heterocycles. The van der Waals surface area contributed by atoms with E-state index in [0.29, 0.717) is 18.0 Å². The maximum absolute atomic E-state index is 5.52. The molecular formula is C16H18BrN5OS. The van der Waals surface area contributed by atoms with E-state index in [1.54, 1.807) is 12.5 Å². The van der Waals surface area contributed by atoms with Crippen molar-refractivity contribution >= 4 is 28.1 Å². The van der Waals surface area contributed by atoms with Crippen LogP contribution in [0.4, 0.5) is 0 Å². The first-order valence-corrected chi connectivity index (χ1v) is 8.77. The van der Waals surface area contributed by atoms with Gasteiger partial charge in [-0.25, -0.2) is 4.68 Å². The first-order valence-electron chi connectivity index (χ1n) is 7.57. The first kappa shape index (κ1) is 17.1. The molecule has 3 aromatic rings. The summed E-state index contributed by atoms with van der Waals surface area (Å²) in [7, 11) is 2.01. The highest BCUT2D eigenvalue weighted by Crippen LogP contribution is 2.15. The first-order chi connectivity index (χ1) is 11.6. The third-order valence-electron chi connectivity index (χ3n) is 3.56. The van der Waals surface area contributed by atoms with Crippen LogP contribution >= 0.6 is 28.1 Å². The van der Waals surface area contributed by atoms with Gasteiger partial charge in [0.25, 0.3) is 0 Å². The third-order valence-corrected chi connectivity index (χ3v) is 4.43. The molecule has 3 rings (SSSR count). The maximum atomic E-state index is 5.52. The summed E-state index contributed by atoms with van der Waals surface area (Å²) in [4.78, 5) is 6.42. The zero-order valence-corrected chi connectivity index (χ0v) is 15.7. The van der Waals surface area contributed by atoms with Gasteiger partial charge >= 0.3 is 0 Å². The molecule has 0 aliphatic heterocycles. The number of hydrogen-bond acceptors (Lipinski definition) is 5. The summed E-state index contributed by atoms with van der Waals surface area (Å²) in [6.45, 7) is 2.06. The lowest BCUT2D eigenvalue weighted by molar-refractivity contribution is 0.224. The number of hydrogen-bond donors (Lipinski definition) is 0. The normalized spacial score (nSPS) is 11.3. The second-order valence-corrected chi connectivity index (χ2v) is 6.69. The summed E-state index contributed by atoms with van der Waals surface area (Å²) < 4.78 is 10.8. The van der Waals surface area contributed by atoms with Crippen molar-refractivity contribution in [1.29, 1.82) is 0 Å². The van der Waals surface area contributed by atoms with Gasteiger partial charge < -0.3 is 8.98 Å². The standard InChI is InChI=1S/C16H18BrN5OS/c1-20(10-14-5-6-15(17)23-14)12-22-16(24)21(11-19-22)9-7-13-4-2-3-8-18-13/h2-6,8,11H,7,9-10,12H2,1H3. The minimum atomic E-state index is 0.605. The second-order valence-electron chi connectivity index (χ2n) is 5.54. The molecule has 3 aromatic heterocycles. The van der Waals surface area contributed by atoms with Gasteiger partial charge in [-0.05, 0) is 59.5 Å². The molecule has 0 spiro atoms. The molecule has 0 aliphatic carbocycles. The fraction of sp³-hybridized carbons (Fsp3) is 0.312. The highest BCUT2D eigenvalue weighted by atomic mass is 79.9. The number of furan rings is 1. The number of nitrogens with zero attached hydrogens (tertiary/aromatic N) is 5. The van der Waals surface area contributed by atoms with Crippen molar-refractivity contribution in [2.45, 2.75) is 26.2 Å². The molecule has 0 amide bonds. The van der Waals surface area contributed by atoms with Crippen LogP contribution in [0.1, 0.15) is 11.5 Å². The van der Waals surface area contributed by atoms with E-state index in [-0.39, 0.29) is 0 Å². The quantitative estimate of drug-likeness (QED) is 0.561. The number of aromatic nitrogens is 4. The lowest BCUT2D eigenvalue weighted by atomic mass is 10.3. The Labute approximate surface area is 153 Å². The van der Waals surface area contributed by atoms with Crippen molar-refractivity contribution in [3.63, 3.8) is 0 Å². The van der Waals surface area contributed by atoms with E-state index >= 15 is 0 Å². The molecule has 0 fully saturated rings. The zero-order chi connectivity index (χ0) is 16.9. The van der Waals surface area contributed by atoms with Crippen molar-refractivity contribution in [3.8, 4) is 0 Å². The van der Waals surface area contributed by atoms with Crippen LogP contribution in [-0.2, 0) is 26.2 Å². The molecule has 0 aromatic carbocycles. The van der Waals surface area contributed by atoms with Crippen molar-refractivity contribution in [2.24, 2.45) is 0 Å². The lowest BCUT2D eigenvalue weighted by Crippen LogP contribution is -2.22. The van der Waals surface area contributed by atoms with Crippen LogP contribution in [0.25, 0.3) is 0 Å². The Kier molecular flexibility index (Phi) is 5.60. The Morgan fingerprint density at radius 3 is 2.88 bits per heavy atom. The summed E-state index contributed by atoms with van der Waals surface area (Å²) in [6.07, 6.45) is 4.42. The molecule has 24 heavy (non-hydrogen) atoms. The number of halogens is 1. The van der Waals surface area contributed by atoms with E-state index in [4.69, 9.17) is 16.6 Å². The number of aryl methyl sites for hydroxylation is 2. The van der Waals surface area contributed by atoms with Gasteiger partial charge in [0.05, 0.1) is 13.2 Å². The van der Waals surface area contributed by atoms with Crippen LogP contribution in [0, 0.1) is 4.77 Å². The molecule has 0 saturated heterocycles. The van der Waals surface area contributed by atoms with E-state index in [0.717, 1.165) is 29.1 Å². The average molecular weight is 408 g/mol. The SMILES string of the molecule is CN(Cc1ccc(Br)o1)Cn1ncn(CCc2ccccn2)c1=S. The van der Waals surface area contributed by atoms with Crippen LogP contribution in [-0.4, -0.2) is 31.3 Å². The van der Waals surface area contributed by atoms with Gasteiger partial charge in [0, 0.05) is 24.9 Å². The van der Waals surface area contributed by atoms with E-state index in [1.165, 1.54) is 0 Å². The second kappa shape index (κ2) is 7.87. The van der Waals surface area contributed by atoms with Crippen LogP contribution < -0.4 is 0 Å². The molecule has 0 unspecified atom stereocenters. The minimum Gasteiger partial charge on any atom is -0.453 e. The summed E-state index contributed by atoms with van der Waals surface area (Å²) in [6, 6.07) is 9.77. The molecule has 0 aliphatic rings. The van der Waals surface area contributed by atoms with Gasteiger partial charge in [-0.2, -0.15) is 5.10 Å². The summed E-state index contributed by atoms with van der Waals surface area (Å²) >= 11 is 8.83. The van der Waals surface area contributed by atoms with E-state index in [1.807, 2.05) is 46.6 Å². The Balaban J connectivity index is 1.59. The predicted octanol–water partition coefficient (Wildman–Crippen LogP) is 3.50. The van der Waals surface area contributed by atoms with E-state index in [2.05, 4.69) is 30.9 Å².